The first-order chi connectivity index (χ1) is 14.9. The van der Waals surface area contributed by atoms with E-state index >= 15 is 0 Å². The summed E-state index contributed by atoms with van der Waals surface area (Å²) in [5.74, 6) is -0.952. The van der Waals surface area contributed by atoms with E-state index in [1.54, 1.807) is 12.1 Å². The zero-order valence-electron chi connectivity index (χ0n) is 18.4. The van der Waals surface area contributed by atoms with Crippen molar-refractivity contribution >= 4 is 17.3 Å². The van der Waals surface area contributed by atoms with Crippen LogP contribution in [0.4, 0.5) is 15.8 Å². The second-order valence-electron chi connectivity index (χ2n) is 9.21. The van der Waals surface area contributed by atoms with Crippen molar-refractivity contribution in [2.45, 2.75) is 57.2 Å². The number of hydrogen-bond donors (Lipinski definition) is 2. The van der Waals surface area contributed by atoms with Crippen LogP contribution in [0.2, 0.25) is 0 Å². The van der Waals surface area contributed by atoms with Crippen LogP contribution in [0.15, 0.2) is 48.5 Å². The molecule has 2 aromatic rings. The second-order valence-corrected chi connectivity index (χ2v) is 9.21. The van der Waals surface area contributed by atoms with Crippen LogP contribution in [0, 0.1) is 5.82 Å². The van der Waals surface area contributed by atoms with E-state index in [4.69, 9.17) is 4.74 Å². The van der Waals surface area contributed by atoms with Gasteiger partial charge in [0, 0.05) is 43.2 Å². The Morgan fingerprint density at radius 3 is 2.42 bits per heavy atom. The molecule has 2 aliphatic heterocycles. The first kappa shape index (κ1) is 21.8. The molecule has 0 aromatic heterocycles. The summed E-state index contributed by atoms with van der Waals surface area (Å²) in [5.41, 5.74) is 1.83. The van der Waals surface area contributed by atoms with Gasteiger partial charge in [0.15, 0.2) is 0 Å². The van der Waals surface area contributed by atoms with E-state index in [1.165, 1.54) is 12.1 Å². The summed E-state index contributed by atoms with van der Waals surface area (Å²) >= 11 is 0. The van der Waals surface area contributed by atoms with E-state index in [0.717, 1.165) is 51.1 Å². The van der Waals surface area contributed by atoms with Crippen molar-refractivity contribution < 1.29 is 13.9 Å². The smallest absolute Gasteiger partial charge is 0.258 e. The van der Waals surface area contributed by atoms with Crippen LogP contribution in [-0.2, 0) is 4.74 Å². The third-order valence-corrected chi connectivity index (χ3v) is 6.27. The Morgan fingerprint density at radius 1 is 1.03 bits per heavy atom. The average molecular weight is 426 g/mol. The molecule has 5 nitrogen and oxygen atoms in total. The fourth-order valence-electron chi connectivity index (χ4n) is 4.61. The van der Waals surface area contributed by atoms with E-state index in [2.05, 4.69) is 29.4 Å². The van der Waals surface area contributed by atoms with Crippen LogP contribution >= 0.6 is 0 Å². The Morgan fingerprint density at radius 2 is 1.74 bits per heavy atom. The van der Waals surface area contributed by atoms with Crippen molar-refractivity contribution in [1.29, 1.82) is 0 Å². The van der Waals surface area contributed by atoms with Gasteiger partial charge in [-0.15, -0.1) is 0 Å². The van der Waals surface area contributed by atoms with Gasteiger partial charge in [0.25, 0.3) is 5.91 Å². The average Bonchev–Trinajstić information content (AvgIpc) is 2.74. The fraction of sp³-hybridized carbons (Fsp3) is 0.480. The van der Waals surface area contributed by atoms with E-state index < -0.39 is 11.7 Å². The van der Waals surface area contributed by atoms with Gasteiger partial charge in [0.1, 0.15) is 5.82 Å². The lowest BCUT2D eigenvalue weighted by molar-refractivity contribution is -0.0644. The molecule has 2 aromatic carbocycles. The number of carbonyl (C=O) groups excluding carboxylic acids is 1. The summed E-state index contributed by atoms with van der Waals surface area (Å²) in [6.45, 7) is 7.19. The molecule has 2 heterocycles. The highest BCUT2D eigenvalue weighted by Gasteiger charge is 2.30. The zero-order chi connectivity index (χ0) is 21.8. The van der Waals surface area contributed by atoms with Crippen molar-refractivity contribution in [3.63, 3.8) is 0 Å². The molecule has 0 aliphatic carbocycles. The summed E-state index contributed by atoms with van der Waals surface area (Å²) in [7, 11) is 0. The van der Waals surface area contributed by atoms with Gasteiger partial charge in [0.05, 0.1) is 11.2 Å². The lowest BCUT2D eigenvalue weighted by Gasteiger charge is -2.40. The molecule has 2 saturated heterocycles. The predicted molar refractivity (Wildman–Crippen MR) is 122 cm³/mol. The Hall–Kier alpha value is -2.44. The van der Waals surface area contributed by atoms with Gasteiger partial charge in [-0.3, -0.25) is 4.79 Å². The van der Waals surface area contributed by atoms with Gasteiger partial charge in [0.2, 0.25) is 0 Å². The molecule has 166 valence electrons. The molecule has 0 spiro atoms. The molecule has 6 heteroatoms. The third kappa shape index (κ3) is 5.63. The van der Waals surface area contributed by atoms with E-state index in [-0.39, 0.29) is 11.2 Å². The molecule has 0 saturated carbocycles. The number of ether oxygens (including phenoxy) is 1. The summed E-state index contributed by atoms with van der Waals surface area (Å²) in [4.78, 5) is 14.7. The monoisotopic (exact) mass is 425 g/mol. The second kappa shape index (κ2) is 9.37. The van der Waals surface area contributed by atoms with Crippen LogP contribution < -0.4 is 15.5 Å². The maximum atomic E-state index is 13.8. The molecule has 2 N–H and O–H groups in total. The predicted octanol–water partition coefficient (Wildman–Crippen LogP) is 4.59. The molecule has 1 amide bonds. The Bertz CT molecular complexity index is 892. The highest BCUT2D eigenvalue weighted by Crippen LogP contribution is 2.26. The van der Waals surface area contributed by atoms with Crippen molar-refractivity contribution in [3.8, 4) is 0 Å². The SMILES string of the molecule is CC1(C)CC(NC2CCN(c3ccc(NC(=O)c4ccccc4F)cc3)CC2)CCO1. The molecule has 4 rings (SSSR count). The first-order valence-corrected chi connectivity index (χ1v) is 11.2. The van der Waals surface area contributed by atoms with Crippen molar-refractivity contribution in [2.75, 3.05) is 29.9 Å². The highest BCUT2D eigenvalue weighted by atomic mass is 19.1. The number of anilines is 2. The number of hydrogen-bond acceptors (Lipinski definition) is 4. The minimum atomic E-state index is -0.516. The van der Waals surface area contributed by atoms with Crippen LogP contribution in [0.3, 0.4) is 0 Å². The minimum absolute atomic E-state index is 0.0277. The molecule has 1 unspecified atom stereocenters. The van der Waals surface area contributed by atoms with Gasteiger partial charge in [-0.25, -0.2) is 4.39 Å². The normalized spacial score (nSPS) is 21.6. The molecule has 1 atom stereocenters. The Balaban J connectivity index is 1.27. The molecule has 2 aliphatic rings. The van der Waals surface area contributed by atoms with Gasteiger partial charge in [-0.1, -0.05) is 12.1 Å². The maximum absolute atomic E-state index is 13.8. The highest BCUT2D eigenvalue weighted by molar-refractivity contribution is 6.04. The van der Waals surface area contributed by atoms with Crippen LogP contribution in [-0.4, -0.2) is 43.3 Å². The van der Waals surface area contributed by atoms with Crippen molar-refractivity contribution in [1.82, 2.24) is 5.32 Å². The van der Waals surface area contributed by atoms with Gasteiger partial charge in [-0.2, -0.15) is 0 Å². The summed E-state index contributed by atoms with van der Waals surface area (Å²) in [6, 6.07) is 14.9. The number of benzene rings is 2. The minimum Gasteiger partial charge on any atom is -0.375 e. The summed E-state index contributed by atoms with van der Waals surface area (Å²) < 4.78 is 19.6. The number of piperidine rings is 1. The first-order valence-electron chi connectivity index (χ1n) is 11.2. The van der Waals surface area contributed by atoms with Gasteiger partial charge >= 0.3 is 0 Å². The third-order valence-electron chi connectivity index (χ3n) is 6.27. The van der Waals surface area contributed by atoms with Gasteiger partial charge < -0.3 is 20.3 Å². The molecule has 0 bridgehead atoms. The molecule has 0 radical (unpaired) electrons. The summed E-state index contributed by atoms with van der Waals surface area (Å²) in [5, 5.41) is 6.62. The van der Waals surface area contributed by atoms with Crippen molar-refractivity contribution in [3.05, 3.63) is 59.9 Å². The van der Waals surface area contributed by atoms with Crippen molar-refractivity contribution in [2.24, 2.45) is 0 Å². The maximum Gasteiger partial charge on any atom is 0.258 e. The number of nitrogens with zero attached hydrogens (tertiary/aromatic N) is 1. The lowest BCUT2D eigenvalue weighted by atomic mass is 9.92. The topological polar surface area (TPSA) is 53.6 Å². The molecular formula is C25H32FN3O2. The fourth-order valence-corrected chi connectivity index (χ4v) is 4.61. The number of halogens is 1. The van der Waals surface area contributed by atoms with E-state index in [0.29, 0.717) is 17.8 Å². The lowest BCUT2D eigenvalue weighted by Crippen LogP contribution is -2.50. The number of carbonyl (C=O) groups is 1. The quantitative estimate of drug-likeness (QED) is 0.736. The molecule has 2 fully saturated rings. The Labute approximate surface area is 184 Å². The number of nitrogens with one attached hydrogen (secondary N) is 2. The molecular weight excluding hydrogens is 393 g/mol. The largest absolute Gasteiger partial charge is 0.375 e. The molecule has 31 heavy (non-hydrogen) atoms. The zero-order valence-corrected chi connectivity index (χ0v) is 18.4. The van der Waals surface area contributed by atoms with E-state index in [1.807, 2.05) is 24.3 Å². The van der Waals surface area contributed by atoms with E-state index in [9.17, 15) is 9.18 Å². The standard InChI is InChI=1S/C25H32FN3O2/c1-25(2)17-20(13-16-31-25)27-19-11-14-29(15-12-19)21-9-7-18(8-10-21)28-24(30)22-5-3-4-6-23(22)26/h3-10,19-20,27H,11-17H2,1-2H3,(H,28,30). The number of amides is 1. The Kier molecular flexibility index (Phi) is 6.58. The number of rotatable bonds is 5. The van der Waals surface area contributed by atoms with Crippen LogP contribution in [0.1, 0.15) is 49.9 Å². The van der Waals surface area contributed by atoms with Crippen LogP contribution in [0.5, 0.6) is 0 Å². The van der Waals surface area contributed by atoms with Crippen LogP contribution in [0.25, 0.3) is 0 Å². The van der Waals surface area contributed by atoms with Gasteiger partial charge in [-0.05, 0) is 75.9 Å². The summed E-state index contributed by atoms with van der Waals surface area (Å²) in [6.07, 6.45) is 4.38.